The molecule has 0 aliphatic carbocycles. The van der Waals surface area contributed by atoms with Crippen LogP contribution in [0.2, 0.25) is 0 Å². The van der Waals surface area contributed by atoms with E-state index in [0.29, 0.717) is 19.0 Å². The molecule has 2 N–H and O–H groups in total. The second-order valence-corrected chi connectivity index (χ2v) is 8.65. The topological polar surface area (TPSA) is 94.2 Å². The average molecular weight is 433 g/mol. The van der Waals surface area contributed by atoms with Gasteiger partial charge in [0.05, 0.1) is 5.52 Å². The number of hydrogen-bond donors (Lipinski definition) is 2. The fraction of sp³-hybridized carbons (Fsp3) is 0.417. The molecule has 8 heteroatoms. The Kier molecular flexibility index (Phi) is 5.75. The highest BCUT2D eigenvalue weighted by atomic mass is 16.2. The molecular weight excluding hydrogens is 404 g/mol. The number of anilines is 1. The van der Waals surface area contributed by atoms with Crippen LogP contribution in [0.1, 0.15) is 37.4 Å². The van der Waals surface area contributed by atoms with Crippen molar-refractivity contribution in [1.82, 2.24) is 24.8 Å². The van der Waals surface area contributed by atoms with Crippen LogP contribution in [-0.2, 0) is 4.79 Å². The third-order valence-electron chi connectivity index (χ3n) is 6.63. The molecule has 2 aliphatic heterocycles. The Hall–Kier alpha value is -3.42. The molecule has 3 amide bonds. The molecule has 0 radical (unpaired) electrons. The van der Waals surface area contributed by atoms with Crippen LogP contribution in [0.4, 0.5) is 10.5 Å². The zero-order valence-electron chi connectivity index (χ0n) is 18.0. The van der Waals surface area contributed by atoms with Crippen LogP contribution in [0.15, 0.2) is 48.7 Å². The van der Waals surface area contributed by atoms with Crippen molar-refractivity contribution < 1.29 is 9.59 Å². The van der Waals surface area contributed by atoms with Crippen LogP contribution in [-0.4, -0.2) is 62.9 Å². The van der Waals surface area contributed by atoms with E-state index in [9.17, 15) is 9.59 Å². The monoisotopic (exact) mass is 432 g/mol. The fourth-order valence-corrected chi connectivity index (χ4v) is 4.74. The van der Waals surface area contributed by atoms with E-state index < -0.39 is 0 Å². The molecule has 0 saturated carbocycles. The minimum absolute atomic E-state index is 0.00252. The van der Waals surface area contributed by atoms with Gasteiger partial charge in [-0.15, -0.1) is 0 Å². The molecule has 2 fully saturated rings. The summed E-state index contributed by atoms with van der Waals surface area (Å²) in [4.78, 5) is 41.7. The molecule has 4 heterocycles. The second kappa shape index (κ2) is 8.98. The first-order valence-corrected chi connectivity index (χ1v) is 11.4. The first-order valence-electron chi connectivity index (χ1n) is 11.4. The minimum Gasteiger partial charge on any atom is -0.342 e. The van der Waals surface area contributed by atoms with Crippen LogP contribution in [0.25, 0.3) is 11.2 Å². The van der Waals surface area contributed by atoms with E-state index in [0.717, 1.165) is 61.4 Å². The number of para-hydroxylation sites is 1. The third kappa shape index (κ3) is 4.30. The molecule has 5 rings (SSSR count). The number of amides is 3. The number of piperidine rings is 2. The van der Waals surface area contributed by atoms with E-state index in [-0.39, 0.29) is 17.9 Å². The Balaban J connectivity index is 1.11. The fourth-order valence-electron chi connectivity index (χ4n) is 4.74. The molecule has 32 heavy (non-hydrogen) atoms. The SMILES string of the molecule is O=C(Nc1ccccc1)N1CCC(C(=O)N2CCC(c3nc4ncccc4[nH]3)CC2)CC1. The van der Waals surface area contributed by atoms with Gasteiger partial charge in [0, 0.05) is 49.9 Å². The minimum atomic E-state index is -0.0942. The Morgan fingerprint density at radius 3 is 2.34 bits per heavy atom. The highest BCUT2D eigenvalue weighted by Gasteiger charge is 2.33. The number of hydrogen-bond acceptors (Lipinski definition) is 4. The third-order valence-corrected chi connectivity index (χ3v) is 6.63. The number of likely N-dealkylation sites (tertiary alicyclic amines) is 2. The number of pyridine rings is 1. The molecule has 3 aromatic rings. The maximum atomic E-state index is 13.1. The smallest absolute Gasteiger partial charge is 0.321 e. The number of urea groups is 1. The standard InChI is InChI=1S/C24H28N6O2/c31-23(18-10-15-30(16-11-18)24(32)26-19-5-2-1-3-6-19)29-13-8-17(9-14-29)21-27-20-7-4-12-25-22(20)28-21/h1-7,12,17-18H,8-11,13-16H2,(H,26,32)(H,25,27,28). The zero-order chi connectivity index (χ0) is 21.9. The number of benzene rings is 1. The Morgan fingerprint density at radius 2 is 1.62 bits per heavy atom. The molecule has 0 bridgehead atoms. The molecule has 2 saturated heterocycles. The molecule has 8 nitrogen and oxygen atoms in total. The Labute approximate surface area is 187 Å². The van der Waals surface area contributed by atoms with Gasteiger partial charge >= 0.3 is 6.03 Å². The highest BCUT2D eigenvalue weighted by molar-refractivity contribution is 5.89. The molecular formula is C24H28N6O2. The lowest BCUT2D eigenvalue weighted by Gasteiger charge is -2.37. The number of aromatic nitrogens is 3. The van der Waals surface area contributed by atoms with Crippen molar-refractivity contribution in [2.75, 3.05) is 31.5 Å². The summed E-state index contributed by atoms with van der Waals surface area (Å²) in [5.41, 5.74) is 2.51. The number of nitrogens with zero attached hydrogens (tertiary/aromatic N) is 4. The predicted octanol–water partition coefficient (Wildman–Crippen LogP) is 3.61. The van der Waals surface area contributed by atoms with Gasteiger partial charge in [0.25, 0.3) is 0 Å². The van der Waals surface area contributed by atoms with Crippen LogP contribution >= 0.6 is 0 Å². The summed E-state index contributed by atoms with van der Waals surface area (Å²) in [5, 5.41) is 2.93. The zero-order valence-corrected chi connectivity index (χ0v) is 18.0. The van der Waals surface area contributed by atoms with E-state index in [4.69, 9.17) is 0 Å². The van der Waals surface area contributed by atoms with Crippen LogP contribution in [0, 0.1) is 5.92 Å². The first-order chi connectivity index (χ1) is 15.7. The van der Waals surface area contributed by atoms with Gasteiger partial charge in [-0.25, -0.2) is 14.8 Å². The van der Waals surface area contributed by atoms with Crippen molar-refractivity contribution in [3.8, 4) is 0 Å². The predicted molar refractivity (Wildman–Crippen MR) is 122 cm³/mol. The van der Waals surface area contributed by atoms with E-state index in [1.807, 2.05) is 47.4 Å². The van der Waals surface area contributed by atoms with Gasteiger partial charge in [0.1, 0.15) is 5.82 Å². The number of imidazole rings is 1. The van der Waals surface area contributed by atoms with Gasteiger partial charge in [-0.3, -0.25) is 4.79 Å². The summed E-state index contributed by atoms with van der Waals surface area (Å²) in [5.74, 6) is 1.54. The van der Waals surface area contributed by atoms with Gasteiger partial charge in [-0.05, 0) is 49.9 Å². The van der Waals surface area contributed by atoms with Crippen molar-refractivity contribution in [2.45, 2.75) is 31.6 Å². The number of aromatic amines is 1. The van der Waals surface area contributed by atoms with Gasteiger partial charge < -0.3 is 20.1 Å². The molecule has 1 aromatic carbocycles. The number of rotatable bonds is 3. The Morgan fingerprint density at radius 1 is 0.906 bits per heavy atom. The van der Waals surface area contributed by atoms with Gasteiger partial charge in [-0.2, -0.15) is 0 Å². The number of H-pyrrole nitrogens is 1. The maximum absolute atomic E-state index is 13.1. The van der Waals surface area contributed by atoms with E-state index in [1.54, 1.807) is 11.1 Å². The summed E-state index contributed by atoms with van der Waals surface area (Å²) in [7, 11) is 0. The normalized spacial score (nSPS) is 18.1. The van der Waals surface area contributed by atoms with E-state index in [1.165, 1.54) is 0 Å². The summed E-state index contributed by atoms with van der Waals surface area (Å²) >= 11 is 0. The van der Waals surface area contributed by atoms with Crippen molar-refractivity contribution >= 4 is 28.8 Å². The summed E-state index contributed by atoms with van der Waals surface area (Å²) in [6.07, 6.45) is 5.00. The van der Waals surface area contributed by atoms with Crippen molar-refractivity contribution in [3.63, 3.8) is 0 Å². The molecule has 0 spiro atoms. The molecule has 2 aromatic heterocycles. The molecule has 0 atom stereocenters. The maximum Gasteiger partial charge on any atom is 0.321 e. The lowest BCUT2D eigenvalue weighted by molar-refractivity contribution is -0.138. The lowest BCUT2D eigenvalue weighted by atomic mass is 9.92. The highest BCUT2D eigenvalue weighted by Crippen LogP contribution is 2.29. The van der Waals surface area contributed by atoms with Gasteiger partial charge in [0.15, 0.2) is 5.65 Å². The first kappa shape index (κ1) is 20.5. The quantitative estimate of drug-likeness (QED) is 0.661. The van der Waals surface area contributed by atoms with Crippen molar-refractivity contribution in [3.05, 3.63) is 54.5 Å². The average Bonchev–Trinajstić information content (AvgIpc) is 3.29. The molecule has 166 valence electrons. The summed E-state index contributed by atoms with van der Waals surface area (Å²) in [6, 6.07) is 13.3. The van der Waals surface area contributed by atoms with Crippen LogP contribution < -0.4 is 5.32 Å². The van der Waals surface area contributed by atoms with Crippen molar-refractivity contribution in [2.24, 2.45) is 5.92 Å². The largest absolute Gasteiger partial charge is 0.342 e. The number of nitrogens with one attached hydrogen (secondary N) is 2. The second-order valence-electron chi connectivity index (χ2n) is 8.65. The molecule has 0 unspecified atom stereocenters. The van der Waals surface area contributed by atoms with Gasteiger partial charge in [0.2, 0.25) is 5.91 Å². The number of carbonyl (C=O) groups excluding carboxylic acids is 2. The van der Waals surface area contributed by atoms with E-state index in [2.05, 4.69) is 20.3 Å². The van der Waals surface area contributed by atoms with Gasteiger partial charge in [-0.1, -0.05) is 18.2 Å². The van der Waals surface area contributed by atoms with E-state index >= 15 is 0 Å². The number of fused-ring (bicyclic) bond motifs is 1. The van der Waals surface area contributed by atoms with Crippen LogP contribution in [0.5, 0.6) is 0 Å². The summed E-state index contributed by atoms with van der Waals surface area (Å²) in [6.45, 7) is 2.72. The lowest BCUT2D eigenvalue weighted by Crippen LogP contribution is -2.47. The number of carbonyl (C=O) groups is 2. The molecule has 2 aliphatic rings. The van der Waals surface area contributed by atoms with Crippen LogP contribution in [0.3, 0.4) is 0 Å². The summed E-state index contributed by atoms with van der Waals surface area (Å²) < 4.78 is 0. The van der Waals surface area contributed by atoms with Crippen molar-refractivity contribution in [1.29, 1.82) is 0 Å². The Bertz CT molecular complexity index is 1050.